The first-order valence-corrected chi connectivity index (χ1v) is 7.57. The van der Waals surface area contributed by atoms with Gasteiger partial charge in [-0.2, -0.15) is 0 Å². The molecule has 0 atom stereocenters. The lowest BCUT2D eigenvalue weighted by atomic mass is 9.96. The fraction of sp³-hybridized carbons (Fsp3) is 0.529. The molecule has 0 aliphatic rings. The van der Waals surface area contributed by atoms with E-state index in [-0.39, 0.29) is 30.3 Å². The maximum absolute atomic E-state index is 13.6. The second kappa shape index (κ2) is 8.04. The number of benzene rings is 1. The van der Waals surface area contributed by atoms with Gasteiger partial charge in [0.15, 0.2) is 0 Å². The maximum Gasteiger partial charge on any atom is 0.225 e. The van der Waals surface area contributed by atoms with Gasteiger partial charge in [0.05, 0.1) is 0 Å². The van der Waals surface area contributed by atoms with E-state index in [9.17, 15) is 18.4 Å². The van der Waals surface area contributed by atoms with E-state index >= 15 is 0 Å². The van der Waals surface area contributed by atoms with Gasteiger partial charge >= 0.3 is 0 Å². The number of nitrogens with one attached hydrogen (secondary N) is 1. The normalized spacial score (nSPS) is 11.2. The first-order chi connectivity index (χ1) is 10.6. The van der Waals surface area contributed by atoms with Gasteiger partial charge < -0.3 is 10.2 Å². The van der Waals surface area contributed by atoms with E-state index in [2.05, 4.69) is 5.32 Å². The van der Waals surface area contributed by atoms with E-state index in [1.165, 1.54) is 17.0 Å². The summed E-state index contributed by atoms with van der Waals surface area (Å²) in [5.41, 5.74) is -0.190. The van der Waals surface area contributed by atoms with Crippen LogP contribution in [0.2, 0.25) is 0 Å². The van der Waals surface area contributed by atoms with Crippen LogP contribution in [0.1, 0.15) is 39.2 Å². The average molecular weight is 326 g/mol. The minimum atomic E-state index is -0.665. The zero-order valence-electron chi connectivity index (χ0n) is 14.1. The summed E-state index contributed by atoms with van der Waals surface area (Å²) >= 11 is 0. The minimum absolute atomic E-state index is 0.0633. The number of rotatable bonds is 6. The molecule has 0 heterocycles. The minimum Gasteiger partial charge on any atom is -0.356 e. The molecule has 0 unspecified atom stereocenters. The molecule has 1 aromatic rings. The number of carbonyl (C=O) groups is 2. The van der Waals surface area contributed by atoms with E-state index in [4.69, 9.17) is 0 Å². The van der Waals surface area contributed by atoms with Gasteiger partial charge in [0.25, 0.3) is 0 Å². The molecule has 23 heavy (non-hydrogen) atoms. The van der Waals surface area contributed by atoms with Crippen molar-refractivity contribution in [1.82, 2.24) is 10.2 Å². The number of halogens is 2. The van der Waals surface area contributed by atoms with Crippen LogP contribution >= 0.6 is 0 Å². The van der Waals surface area contributed by atoms with Gasteiger partial charge in [0.2, 0.25) is 11.8 Å². The van der Waals surface area contributed by atoms with Crippen LogP contribution in [0.3, 0.4) is 0 Å². The van der Waals surface area contributed by atoms with Crippen LogP contribution in [0.5, 0.6) is 0 Å². The van der Waals surface area contributed by atoms with E-state index < -0.39 is 17.0 Å². The molecule has 0 fully saturated rings. The molecule has 1 aromatic carbocycles. The average Bonchev–Trinajstić information content (AvgIpc) is 2.44. The molecule has 128 valence electrons. The molecule has 1 N–H and O–H groups in total. The van der Waals surface area contributed by atoms with Gasteiger partial charge in [-0.25, -0.2) is 8.78 Å². The predicted octanol–water partition coefficient (Wildman–Crippen LogP) is 2.87. The number of hydrogen-bond donors (Lipinski definition) is 1. The highest BCUT2D eigenvalue weighted by Crippen LogP contribution is 2.13. The summed E-state index contributed by atoms with van der Waals surface area (Å²) in [6.45, 7) is 5.95. The molecular formula is C17H24F2N2O2. The SMILES string of the molecule is CN(Cc1ccc(F)cc1F)C(=O)CCCNC(=O)C(C)(C)C. The molecule has 0 saturated heterocycles. The van der Waals surface area contributed by atoms with Crippen LogP contribution in [-0.2, 0) is 16.1 Å². The highest BCUT2D eigenvalue weighted by Gasteiger charge is 2.20. The first-order valence-electron chi connectivity index (χ1n) is 7.57. The van der Waals surface area contributed by atoms with Gasteiger partial charge in [-0.15, -0.1) is 0 Å². The summed E-state index contributed by atoms with van der Waals surface area (Å²) in [4.78, 5) is 25.0. The second-order valence-electron chi connectivity index (χ2n) is 6.59. The van der Waals surface area contributed by atoms with Crippen LogP contribution in [-0.4, -0.2) is 30.3 Å². The Bertz CT molecular complexity index is 568. The highest BCUT2D eigenvalue weighted by atomic mass is 19.1. The number of nitrogens with zero attached hydrogens (tertiary/aromatic N) is 1. The van der Waals surface area contributed by atoms with Crippen LogP contribution in [0, 0.1) is 17.0 Å². The van der Waals surface area contributed by atoms with Crippen LogP contribution in [0.4, 0.5) is 8.78 Å². The Labute approximate surface area is 135 Å². The van der Waals surface area contributed by atoms with Crippen molar-refractivity contribution in [3.05, 3.63) is 35.4 Å². The van der Waals surface area contributed by atoms with Crippen molar-refractivity contribution in [2.45, 2.75) is 40.2 Å². The molecule has 0 aromatic heterocycles. The van der Waals surface area contributed by atoms with Crippen molar-refractivity contribution in [1.29, 1.82) is 0 Å². The van der Waals surface area contributed by atoms with Gasteiger partial charge in [-0.3, -0.25) is 9.59 Å². The molecule has 0 spiro atoms. The van der Waals surface area contributed by atoms with E-state index in [1.54, 1.807) is 7.05 Å². The first kappa shape index (κ1) is 19.1. The lowest BCUT2D eigenvalue weighted by Crippen LogP contribution is -2.36. The zero-order valence-corrected chi connectivity index (χ0v) is 14.1. The topological polar surface area (TPSA) is 49.4 Å². The molecule has 0 radical (unpaired) electrons. The van der Waals surface area contributed by atoms with Crippen molar-refractivity contribution in [3.8, 4) is 0 Å². The fourth-order valence-corrected chi connectivity index (χ4v) is 1.89. The summed E-state index contributed by atoms with van der Waals surface area (Å²) in [6.07, 6.45) is 0.765. The predicted molar refractivity (Wildman–Crippen MR) is 84.5 cm³/mol. The Balaban J connectivity index is 2.38. The standard InChI is InChI=1S/C17H24F2N2O2/c1-17(2,3)16(23)20-9-5-6-15(22)21(4)11-12-7-8-13(18)10-14(12)19/h7-8,10H,5-6,9,11H2,1-4H3,(H,20,23). The zero-order chi connectivity index (χ0) is 17.6. The fourth-order valence-electron chi connectivity index (χ4n) is 1.89. The molecule has 0 aliphatic heterocycles. The monoisotopic (exact) mass is 326 g/mol. The maximum atomic E-state index is 13.6. The molecule has 0 aliphatic carbocycles. The Hall–Kier alpha value is -1.98. The number of hydrogen-bond acceptors (Lipinski definition) is 2. The largest absolute Gasteiger partial charge is 0.356 e. The summed E-state index contributed by atoms with van der Waals surface area (Å²) < 4.78 is 26.4. The van der Waals surface area contributed by atoms with Crippen molar-refractivity contribution in [2.75, 3.05) is 13.6 Å². The van der Waals surface area contributed by atoms with E-state index in [0.29, 0.717) is 13.0 Å². The van der Waals surface area contributed by atoms with Crippen LogP contribution in [0.25, 0.3) is 0 Å². The molecule has 0 saturated carbocycles. The van der Waals surface area contributed by atoms with Gasteiger partial charge in [-0.05, 0) is 12.5 Å². The molecule has 1 rings (SSSR count). The summed E-state index contributed by atoms with van der Waals surface area (Å²) in [5, 5.41) is 2.77. The molecule has 0 bridgehead atoms. The smallest absolute Gasteiger partial charge is 0.225 e. The Kier molecular flexibility index (Phi) is 6.66. The molecule has 6 heteroatoms. The van der Waals surface area contributed by atoms with Crippen LogP contribution in [0.15, 0.2) is 18.2 Å². The Morgan fingerprint density at radius 3 is 2.43 bits per heavy atom. The lowest BCUT2D eigenvalue weighted by Gasteiger charge is -2.19. The van der Waals surface area contributed by atoms with E-state index in [1.807, 2.05) is 20.8 Å². The van der Waals surface area contributed by atoms with Gasteiger partial charge in [0.1, 0.15) is 11.6 Å². The van der Waals surface area contributed by atoms with Crippen molar-refractivity contribution < 1.29 is 18.4 Å². The van der Waals surface area contributed by atoms with Crippen LogP contribution < -0.4 is 5.32 Å². The number of carbonyl (C=O) groups excluding carboxylic acids is 2. The third-order valence-corrected chi connectivity index (χ3v) is 3.38. The third kappa shape index (κ3) is 6.34. The van der Waals surface area contributed by atoms with Gasteiger partial charge in [0, 0.05) is 43.6 Å². The molecular weight excluding hydrogens is 302 g/mol. The third-order valence-electron chi connectivity index (χ3n) is 3.38. The van der Waals surface area contributed by atoms with Gasteiger partial charge in [-0.1, -0.05) is 26.8 Å². The van der Waals surface area contributed by atoms with Crippen molar-refractivity contribution in [3.63, 3.8) is 0 Å². The summed E-state index contributed by atoms with van der Waals surface area (Å²) in [6, 6.07) is 3.30. The van der Waals surface area contributed by atoms with Crippen molar-refractivity contribution in [2.24, 2.45) is 5.41 Å². The second-order valence-corrected chi connectivity index (χ2v) is 6.59. The summed E-state index contributed by atoms with van der Waals surface area (Å²) in [7, 11) is 1.57. The highest BCUT2D eigenvalue weighted by molar-refractivity contribution is 5.81. The van der Waals surface area contributed by atoms with E-state index in [0.717, 1.165) is 6.07 Å². The number of amides is 2. The molecule has 4 nitrogen and oxygen atoms in total. The van der Waals surface area contributed by atoms with Crippen molar-refractivity contribution >= 4 is 11.8 Å². The quantitative estimate of drug-likeness (QED) is 0.817. The lowest BCUT2D eigenvalue weighted by molar-refractivity contribution is -0.131. The summed E-state index contributed by atoms with van der Waals surface area (Å²) in [5.74, 6) is -1.53. The molecule has 2 amide bonds. The Morgan fingerprint density at radius 2 is 1.87 bits per heavy atom. The Morgan fingerprint density at radius 1 is 1.22 bits per heavy atom.